The van der Waals surface area contributed by atoms with Gasteiger partial charge < -0.3 is 10.5 Å². The summed E-state index contributed by atoms with van der Waals surface area (Å²) in [6.07, 6.45) is 2.81. The number of pyridine rings is 1. The number of fused-ring (bicyclic) bond motifs is 1. The molecule has 70 valence electrons. The Hall–Kier alpha value is -1.09. The van der Waals surface area contributed by atoms with Crippen LogP contribution in [-0.4, -0.2) is 18.1 Å². The standard InChI is InChI=1S/C10H14N2O/c1-7(5-11)9-4-8-2-3-13-10(8)6-12-9/h4,6-7H,2-3,5,11H2,1H3. The topological polar surface area (TPSA) is 48.1 Å². The Kier molecular flexibility index (Phi) is 2.19. The van der Waals surface area contributed by atoms with Gasteiger partial charge >= 0.3 is 0 Å². The fraction of sp³-hybridized carbons (Fsp3) is 0.500. The number of rotatable bonds is 2. The SMILES string of the molecule is CC(CN)c1cc2c(cn1)OCC2. The molecule has 1 aromatic rings. The second kappa shape index (κ2) is 3.34. The molecule has 0 fully saturated rings. The minimum absolute atomic E-state index is 0.339. The van der Waals surface area contributed by atoms with E-state index in [4.69, 9.17) is 10.5 Å². The zero-order valence-electron chi connectivity index (χ0n) is 7.79. The zero-order valence-corrected chi connectivity index (χ0v) is 7.79. The quantitative estimate of drug-likeness (QED) is 0.737. The normalized spacial score (nSPS) is 16.5. The minimum atomic E-state index is 0.339. The van der Waals surface area contributed by atoms with Gasteiger partial charge in [0.25, 0.3) is 0 Å². The van der Waals surface area contributed by atoms with Gasteiger partial charge in [0.1, 0.15) is 5.75 Å². The molecule has 0 spiro atoms. The predicted octanol–water partition coefficient (Wildman–Crippen LogP) is 1.08. The maximum atomic E-state index is 5.58. The molecule has 2 rings (SSSR count). The largest absolute Gasteiger partial charge is 0.491 e. The van der Waals surface area contributed by atoms with E-state index in [1.54, 1.807) is 0 Å². The monoisotopic (exact) mass is 178 g/mol. The summed E-state index contributed by atoms with van der Waals surface area (Å²) in [7, 11) is 0. The minimum Gasteiger partial charge on any atom is -0.491 e. The molecule has 3 heteroatoms. The summed E-state index contributed by atoms with van der Waals surface area (Å²) in [5.41, 5.74) is 7.92. The van der Waals surface area contributed by atoms with Crippen LogP contribution in [0.1, 0.15) is 24.1 Å². The maximum Gasteiger partial charge on any atom is 0.140 e. The maximum absolute atomic E-state index is 5.58. The molecule has 1 aliphatic rings. The highest BCUT2D eigenvalue weighted by molar-refractivity contribution is 5.36. The molecule has 0 bridgehead atoms. The van der Waals surface area contributed by atoms with Crippen LogP contribution in [0, 0.1) is 0 Å². The fourth-order valence-electron chi connectivity index (χ4n) is 1.49. The number of hydrogen-bond acceptors (Lipinski definition) is 3. The lowest BCUT2D eigenvalue weighted by molar-refractivity contribution is 0.355. The summed E-state index contributed by atoms with van der Waals surface area (Å²) in [5.74, 6) is 1.28. The number of ether oxygens (including phenoxy) is 1. The first kappa shape index (κ1) is 8.51. The zero-order chi connectivity index (χ0) is 9.26. The van der Waals surface area contributed by atoms with E-state index in [0.717, 1.165) is 24.5 Å². The van der Waals surface area contributed by atoms with Gasteiger partial charge in [-0.2, -0.15) is 0 Å². The van der Waals surface area contributed by atoms with Gasteiger partial charge in [-0.05, 0) is 6.07 Å². The highest BCUT2D eigenvalue weighted by Gasteiger charge is 2.14. The van der Waals surface area contributed by atoms with E-state index in [0.29, 0.717) is 12.5 Å². The summed E-state index contributed by atoms with van der Waals surface area (Å²) in [4.78, 5) is 4.32. The fourth-order valence-corrected chi connectivity index (χ4v) is 1.49. The van der Waals surface area contributed by atoms with E-state index in [2.05, 4.69) is 18.0 Å². The molecule has 13 heavy (non-hydrogen) atoms. The van der Waals surface area contributed by atoms with Crippen molar-refractivity contribution in [2.75, 3.05) is 13.2 Å². The van der Waals surface area contributed by atoms with Crippen molar-refractivity contribution in [3.05, 3.63) is 23.5 Å². The summed E-state index contributed by atoms with van der Waals surface area (Å²) < 4.78 is 5.37. The van der Waals surface area contributed by atoms with Crippen LogP contribution in [0.4, 0.5) is 0 Å². The van der Waals surface area contributed by atoms with Crippen LogP contribution < -0.4 is 10.5 Å². The molecule has 2 heterocycles. The van der Waals surface area contributed by atoms with Crippen molar-refractivity contribution in [3.8, 4) is 5.75 Å². The van der Waals surface area contributed by atoms with Gasteiger partial charge in [0.15, 0.2) is 0 Å². The summed E-state index contributed by atoms with van der Waals surface area (Å²) in [6, 6.07) is 2.11. The Bertz CT molecular complexity index is 312. The molecule has 0 aliphatic carbocycles. The smallest absolute Gasteiger partial charge is 0.140 e. The van der Waals surface area contributed by atoms with Crippen molar-refractivity contribution >= 4 is 0 Å². The van der Waals surface area contributed by atoms with Crippen molar-refractivity contribution in [1.82, 2.24) is 4.98 Å². The number of hydrogen-bond donors (Lipinski definition) is 1. The summed E-state index contributed by atoms with van der Waals surface area (Å²) in [5, 5.41) is 0. The van der Waals surface area contributed by atoms with Crippen molar-refractivity contribution in [1.29, 1.82) is 0 Å². The third-order valence-electron chi connectivity index (χ3n) is 2.46. The lowest BCUT2D eigenvalue weighted by atomic mass is 10.0. The van der Waals surface area contributed by atoms with Crippen molar-refractivity contribution in [2.45, 2.75) is 19.3 Å². The van der Waals surface area contributed by atoms with Gasteiger partial charge in [-0.3, -0.25) is 4.98 Å². The third-order valence-corrected chi connectivity index (χ3v) is 2.46. The number of nitrogens with zero attached hydrogens (tertiary/aromatic N) is 1. The molecule has 3 nitrogen and oxygen atoms in total. The van der Waals surface area contributed by atoms with Crippen LogP contribution in [0.25, 0.3) is 0 Å². The average molecular weight is 178 g/mol. The second-order valence-electron chi connectivity index (χ2n) is 3.45. The molecule has 1 aliphatic heterocycles. The number of aromatic nitrogens is 1. The van der Waals surface area contributed by atoms with Crippen LogP contribution in [0.3, 0.4) is 0 Å². The summed E-state index contributed by atoms with van der Waals surface area (Å²) >= 11 is 0. The molecule has 1 atom stereocenters. The molecule has 0 saturated carbocycles. The predicted molar refractivity (Wildman–Crippen MR) is 50.9 cm³/mol. The molecule has 0 amide bonds. The van der Waals surface area contributed by atoms with E-state index in [9.17, 15) is 0 Å². The first-order chi connectivity index (χ1) is 6.31. The molecule has 0 saturated heterocycles. The molecule has 0 aromatic carbocycles. The Morgan fingerprint density at radius 3 is 3.31 bits per heavy atom. The average Bonchev–Trinajstić information content (AvgIpc) is 2.63. The van der Waals surface area contributed by atoms with Gasteiger partial charge in [-0.15, -0.1) is 0 Å². The highest BCUT2D eigenvalue weighted by Crippen LogP contribution is 2.26. The Morgan fingerprint density at radius 1 is 1.69 bits per heavy atom. The Balaban J connectivity index is 2.30. The van der Waals surface area contributed by atoms with Crippen LogP contribution >= 0.6 is 0 Å². The molecular formula is C10H14N2O. The van der Waals surface area contributed by atoms with Gasteiger partial charge in [0, 0.05) is 30.1 Å². The van der Waals surface area contributed by atoms with E-state index < -0.39 is 0 Å². The Morgan fingerprint density at radius 2 is 2.54 bits per heavy atom. The van der Waals surface area contributed by atoms with Crippen LogP contribution in [0.2, 0.25) is 0 Å². The molecule has 0 radical (unpaired) electrons. The van der Waals surface area contributed by atoms with Crippen molar-refractivity contribution in [3.63, 3.8) is 0 Å². The number of nitrogens with two attached hydrogens (primary N) is 1. The van der Waals surface area contributed by atoms with E-state index in [1.807, 2.05) is 6.20 Å². The molecular weight excluding hydrogens is 164 g/mol. The highest BCUT2D eigenvalue weighted by atomic mass is 16.5. The first-order valence-electron chi connectivity index (χ1n) is 4.63. The van der Waals surface area contributed by atoms with Crippen LogP contribution in [0.5, 0.6) is 5.75 Å². The van der Waals surface area contributed by atoms with Crippen LogP contribution in [-0.2, 0) is 6.42 Å². The van der Waals surface area contributed by atoms with Gasteiger partial charge in [-0.1, -0.05) is 6.92 Å². The summed E-state index contributed by atoms with van der Waals surface area (Å²) in [6.45, 7) is 3.52. The van der Waals surface area contributed by atoms with Crippen LogP contribution in [0.15, 0.2) is 12.3 Å². The van der Waals surface area contributed by atoms with E-state index in [1.165, 1.54) is 5.56 Å². The van der Waals surface area contributed by atoms with Gasteiger partial charge in [0.2, 0.25) is 0 Å². The first-order valence-corrected chi connectivity index (χ1v) is 4.63. The van der Waals surface area contributed by atoms with E-state index >= 15 is 0 Å². The lowest BCUT2D eigenvalue weighted by Gasteiger charge is -2.08. The second-order valence-corrected chi connectivity index (χ2v) is 3.45. The van der Waals surface area contributed by atoms with Gasteiger partial charge in [-0.25, -0.2) is 0 Å². The van der Waals surface area contributed by atoms with Crippen molar-refractivity contribution < 1.29 is 4.74 Å². The molecule has 1 unspecified atom stereocenters. The third kappa shape index (κ3) is 1.52. The van der Waals surface area contributed by atoms with Crippen molar-refractivity contribution in [2.24, 2.45) is 5.73 Å². The Labute approximate surface area is 77.9 Å². The molecule has 1 aromatic heterocycles. The lowest BCUT2D eigenvalue weighted by Crippen LogP contribution is -2.10. The van der Waals surface area contributed by atoms with E-state index in [-0.39, 0.29) is 0 Å². The van der Waals surface area contributed by atoms with Gasteiger partial charge in [0.05, 0.1) is 12.8 Å². The molecule has 2 N–H and O–H groups in total.